The molecule has 1 unspecified atom stereocenters. The van der Waals surface area contributed by atoms with E-state index >= 15 is 0 Å². The Kier molecular flexibility index (Phi) is 5.86. The molecule has 0 aliphatic rings. The first kappa shape index (κ1) is 16.0. The molecule has 1 rings (SSSR count). The van der Waals surface area contributed by atoms with Crippen molar-refractivity contribution in [3.05, 3.63) is 29.8 Å². The Morgan fingerprint density at radius 3 is 2.16 bits per heavy atom. The average molecular weight is 263 g/mol. The summed E-state index contributed by atoms with van der Waals surface area (Å²) in [6.07, 6.45) is 1.14. The van der Waals surface area contributed by atoms with Gasteiger partial charge in [-0.25, -0.2) is 0 Å². The highest BCUT2D eigenvalue weighted by atomic mass is 16.5. The van der Waals surface area contributed by atoms with Crippen LogP contribution in [-0.2, 0) is 5.41 Å². The third kappa shape index (κ3) is 4.54. The van der Waals surface area contributed by atoms with Gasteiger partial charge in [-0.3, -0.25) is 0 Å². The van der Waals surface area contributed by atoms with Crippen molar-refractivity contribution >= 4 is 0 Å². The number of hydrogen-bond donors (Lipinski definition) is 1. The van der Waals surface area contributed by atoms with Crippen LogP contribution in [0.2, 0.25) is 0 Å². The largest absolute Gasteiger partial charge is 0.492 e. The molecule has 1 atom stereocenters. The van der Waals surface area contributed by atoms with E-state index in [2.05, 4.69) is 64.2 Å². The van der Waals surface area contributed by atoms with Crippen molar-refractivity contribution in [3.8, 4) is 5.75 Å². The van der Waals surface area contributed by atoms with Crippen LogP contribution in [0.4, 0.5) is 0 Å². The van der Waals surface area contributed by atoms with Crippen molar-refractivity contribution in [1.82, 2.24) is 5.32 Å². The predicted molar refractivity (Wildman–Crippen MR) is 82.9 cm³/mol. The van der Waals surface area contributed by atoms with E-state index in [1.54, 1.807) is 0 Å². The summed E-state index contributed by atoms with van der Waals surface area (Å²) in [6.45, 7) is 11.9. The fourth-order valence-corrected chi connectivity index (χ4v) is 2.00. The summed E-state index contributed by atoms with van der Waals surface area (Å²) in [7, 11) is 1.99. The molecular weight excluding hydrogens is 234 g/mol. The molecule has 0 spiro atoms. The van der Waals surface area contributed by atoms with Gasteiger partial charge >= 0.3 is 0 Å². The first-order valence-electron chi connectivity index (χ1n) is 7.31. The molecule has 0 heterocycles. The molecule has 1 aromatic carbocycles. The summed E-state index contributed by atoms with van der Waals surface area (Å²) in [5.41, 5.74) is 1.61. The van der Waals surface area contributed by atoms with Crippen LogP contribution in [-0.4, -0.2) is 19.7 Å². The number of rotatable bonds is 7. The first-order valence-corrected chi connectivity index (χ1v) is 7.31. The molecule has 0 amide bonds. The van der Waals surface area contributed by atoms with Crippen molar-refractivity contribution < 1.29 is 4.74 Å². The predicted octanol–water partition coefficient (Wildman–Crippen LogP) is 4.00. The van der Waals surface area contributed by atoms with Gasteiger partial charge < -0.3 is 10.1 Å². The van der Waals surface area contributed by atoms with E-state index in [1.165, 1.54) is 5.56 Å². The Morgan fingerprint density at radius 2 is 1.74 bits per heavy atom. The van der Waals surface area contributed by atoms with Gasteiger partial charge in [0.1, 0.15) is 12.4 Å². The van der Waals surface area contributed by atoms with Gasteiger partial charge in [0.25, 0.3) is 0 Å². The van der Waals surface area contributed by atoms with Gasteiger partial charge in [0, 0.05) is 6.04 Å². The normalized spacial score (nSPS) is 13.6. The lowest BCUT2D eigenvalue weighted by atomic mass is 9.82. The molecule has 0 aliphatic carbocycles. The Labute approximate surface area is 118 Å². The zero-order valence-corrected chi connectivity index (χ0v) is 13.3. The molecule has 108 valence electrons. The zero-order chi connectivity index (χ0) is 14.5. The van der Waals surface area contributed by atoms with Crippen LogP contribution in [0.1, 0.15) is 46.6 Å². The van der Waals surface area contributed by atoms with Crippen molar-refractivity contribution in [2.24, 2.45) is 5.92 Å². The fourth-order valence-electron chi connectivity index (χ4n) is 2.00. The van der Waals surface area contributed by atoms with Gasteiger partial charge in [0.2, 0.25) is 0 Å². The van der Waals surface area contributed by atoms with E-state index < -0.39 is 0 Å². The lowest BCUT2D eigenvalue weighted by Gasteiger charge is -2.24. The summed E-state index contributed by atoms with van der Waals surface area (Å²) < 4.78 is 5.86. The maximum Gasteiger partial charge on any atom is 0.119 e. The summed E-state index contributed by atoms with van der Waals surface area (Å²) in [5, 5.41) is 3.29. The molecule has 0 fully saturated rings. The number of likely N-dealkylation sites (N-methyl/N-ethyl adjacent to an activating group) is 1. The molecule has 0 radical (unpaired) electrons. The summed E-state index contributed by atoms with van der Waals surface area (Å²) in [5.74, 6) is 1.53. The van der Waals surface area contributed by atoms with E-state index in [4.69, 9.17) is 4.74 Å². The molecule has 0 bridgehead atoms. The maximum absolute atomic E-state index is 5.86. The third-order valence-corrected chi connectivity index (χ3v) is 4.12. The van der Waals surface area contributed by atoms with Crippen LogP contribution in [0.15, 0.2) is 24.3 Å². The topological polar surface area (TPSA) is 21.3 Å². The van der Waals surface area contributed by atoms with Crippen LogP contribution in [0, 0.1) is 5.92 Å². The highest BCUT2D eigenvalue weighted by Gasteiger charge is 2.17. The van der Waals surface area contributed by atoms with E-state index in [0.29, 0.717) is 18.6 Å². The zero-order valence-electron chi connectivity index (χ0n) is 13.3. The van der Waals surface area contributed by atoms with Gasteiger partial charge in [0.05, 0.1) is 0 Å². The fraction of sp³-hybridized carbons (Fsp3) is 0.647. The van der Waals surface area contributed by atoms with Crippen LogP contribution < -0.4 is 10.1 Å². The molecule has 0 aliphatic heterocycles. The lowest BCUT2D eigenvalue weighted by Crippen LogP contribution is -2.36. The molecule has 1 N–H and O–H groups in total. The van der Waals surface area contributed by atoms with Gasteiger partial charge in [-0.2, -0.15) is 0 Å². The number of ether oxygens (including phenoxy) is 1. The molecule has 0 saturated carbocycles. The van der Waals surface area contributed by atoms with Gasteiger partial charge in [-0.05, 0) is 42.5 Å². The molecule has 2 heteroatoms. The van der Waals surface area contributed by atoms with Crippen LogP contribution >= 0.6 is 0 Å². The minimum absolute atomic E-state index is 0.240. The van der Waals surface area contributed by atoms with Crippen molar-refractivity contribution in [3.63, 3.8) is 0 Å². The summed E-state index contributed by atoms with van der Waals surface area (Å²) in [6, 6.07) is 8.93. The Morgan fingerprint density at radius 1 is 1.16 bits per heavy atom. The number of nitrogens with one attached hydrogen (secondary N) is 1. The van der Waals surface area contributed by atoms with Crippen molar-refractivity contribution in [2.45, 2.75) is 52.5 Å². The average Bonchev–Trinajstić information content (AvgIpc) is 2.39. The lowest BCUT2D eigenvalue weighted by molar-refractivity contribution is 0.238. The van der Waals surface area contributed by atoms with E-state index in [-0.39, 0.29) is 5.41 Å². The van der Waals surface area contributed by atoms with Crippen LogP contribution in [0.5, 0.6) is 5.75 Å². The minimum Gasteiger partial charge on any atom is -0.492 e. The molecule has 1 aromatic rings. The second kappa shape index (κ2) is 6.95. The Hall–Kier alpha value is -1.02. The second-order valence-electron chi connectivity index (χ2n) is 6.21. The number of benzene rings is 1. The third-order valence-electron chi connectivity index (χ3n) is 4.12. The highest BCUT2D eigenvalue weighted by molar-refractivity contribution is 5.31. The highest BCUT2D eigenvalue weighted by Crippen LogP contribution is 2.28. The SMILES string of the molecule is CCC(C)(C)c1ccc(OCC(NC)C(C)C)cc1. The molecule has 0 aromatic heterocycles. The quantitative estimate of drug-likeness (QED) is 0.803. The van der Waals surface area contributed by atoms with Gasteiger partial charge in [0.15, 0.2) is 0 Å². The van der Waals surface area contributed by atoms with E-state index in [1.807, 2.05) is 7.05 Å². The van der Waals surface area contributed by atoms with Crippen LogP contribution in [0.25, 0.3) is 0 Å². The van der Waals surface area contributed by atoms with E-state index in [9.17, 15) is 0 Å². The monoisotopic (exact) mass is 263 g/mol. The molecular formula is C17H29NO. The van der Waals surface area contributed by atoms with Gasteiger partial charge in [-0.1, -0.05) is 46.8 Å². The van der Waals surface area contributed by atoms with Gasteiger partial charge in [-0.15, -0.1) is 0 Å². The Bertz CT molecular complexity index is 367. The molecule has 2 nitrogen and oxygen atoms in total. The summed E-state index contributed by atoms with van der Waals surface area (Å²) in [4.78, 5) is 0. The summed E-state index contributed by atoms with van der Waals surface area (Å²) >= 11 is 0. The minimum atomic E-state index is 0.240. The van der Waals surface area contributed by atoms with E-state index in [0.717, 1.165) is 12.2 Å². The maximum atomic E-state index is 5.86. The standard InChI is InChI=1S/C17H29NO/c1-7-17(4,5)14-8-10-15(11-9-14)19-12-16(18-6)13(2)3/h8-11,13,16,18H,7,12H2,1-6H3. The molecule has 0 saturated heterocycles. The second-order valence-corrected chi connectivity index (χ2v) is 6.21. The Balaban J connectivity index is 2.62. The van der Waals surface area contributed by atoms with Crippen molar-refractivity contribution in [2.75, 3.05) is 13.7 Å². The molecule has 19 heavy (non-hydrogen) atoms. The number of hydrogen-bond acceptors (Lipinski definition) is 2. The smallest absolute Gasteiger partial charge is 0.119 e. The first-order chi connectivity index (χ1) is 8.90. The van der Waals surface area contributed by atoms with Crippen molar-refractivity contribution in [1.29, 1.82) is 0 Å². The van der Waals surface area contributed by atoms with Crippen LogP contribution in [0.3, 0.4) is 0 Å².